The average molecular weight is 354 g/mol. The average Bonchev–Trinajstić information content (AvgIpc) is 2.97. The molecule has 2 atom stereocenters. The van der Waals surface area contributed by atoms with Crippen LogP contribution in [0.15, 0.2) is 42.5 Å². The highest BCUT2D eigenvalue weighted by molar-refractivity contribution is 5.89. The van der Waals surface area contributed by atoms with Gasteiger partial charge in [-0.05, 0) is 43.7 Å². The fourth-order valence-corrected chi connectivity index (χ4v) is 3.81. The molecule has 3 nitrogen and oxygen atoms in total. The minimum Gasteiger partial charge on any atom is -0.489 e. The quantitative estimate of drug-likeness (QED) is 0.771. The Hall–Kier alpha value is -1.87. The highest BCUT2D eigenvalue weighted by Gasteiger charge is 2.45. The summed E-state index contributed by atoms with van der Waals surface area (Å²) < 4.78 is 6.31. The van der Waals surface area contributed by atoms with Crippen molar-refractivity contribution in [2.75, 3.05) is 6.54 Å². The van der Waals surface area contributed by atoms with E-state index in [-0.39, 0.29) is 23.1 Å². The van der Waals surface area contributed by atoms with Gasteiger partial charge in [-0.2, -0.15) is 0 Å². The zero-order valence-corrected chi connectivity index (χ0v) is 16.9. The predicted octanol–water partition coefficient (Wildman–Crippen LogP) is 5.08. The Balaban J connectivity index is 1.81. The SMILES string of the molecule is CC(C)(C)C(=O)C1CC(Oc2ccc3ccccc3c2)CN1C(C)(C)C. The maximum Gasteiger partial charge on any atom is 0.155 e. The first-order valence-electron chi connectivity index (χ1n) is 9.52. The van der Waals surface area contributed by atoms with Crippen molar-refractivity contribution >= 4 is 16.6 Å². The van der Waals surface area contributed by atoms with Crippen LogP contribution in [0.2, 0.25) is 0 Å². The first kappa shape index (κ1) is 18.9. The van der Waals surface area contributed by atoms with Gasteiger partial charge in [-0.3, -0.25) is 9.69 Å². The molecule has 140 valence electrons. The van der Waals surface area contributed by atoms with Crippen molar-refractivity contribution in [2.45, 2.75) is 65.6 Å². The molecular weight excluding hydrogens is 322 g/mol. The molecule has 0 spiro atoms. The van der Waals surface area contributed by atoms with E-state index < -0.39 is 0 Å². The number of hydrogen-bond acceptors (Lipinski definition) is 3. The molecule has 0 bridgehead atoms. The van der Waals surface area contributed by atoms with Crippen LogP contribution in [-0.4, -0.2) is 34.9 Å². The van der Waals surface area contributed by atoms with Gasteiger partial charge in [0.15, 0.2) is 5.78 Å². The van der Waals surface area contributed by atoms with Crippen molar-refractivity contribution in [1.29, 1.82) is 0 Å². The summed E-state index contributed by atoms with van der Waals surface area (Å²) in [6.07, 6.45) is 0.784. The van der Waals surface area contributed by atoms with Crippen LogP contribution in [0.3, 0.4) is 0 Å². The number of fused-ring (bicyclic) bond motifs is 1. The van der Waals surface area contributed by atoms with E-state index >= 15 is 0 Å². The summed E-state index contributed by atoms with van der Waals surface area (Å²) in [7, 11) is 0. The minimum absolute atomic E-state index is 0.0340. The second kappa shape index (κ2) is 6.70. The molecule has 2 unspecified atom stereocenters. The molecule has 0 aromatic heterocycles. The van der Waals surface area contributed by atoms with E-state index in [0.717, 1.165) is 18.7 Å². The number of carbonyl (C=O) groups is 1. The number of hydrogen-bond donors (Lipinski definition) is 0. The second-order valence-electron chi connectivity index (χ2n) is 9.44. The van der Waals surface area contributed by atoms with Crippen LogP contribution in [0.25, 0.3) is 10.8 Å². The molecule has 0 aliphatic carbocycles. The van der Waals surface area contributed by atoms with E-state index in [1.807, 2.05) is 39.0 Å². The lowest BCUT2D eigenvalue weighted by Gasteiger charge is -2.38. The zero-order chi connectivity index (χ0) is 19.1. The van der Waals surface area contributed by atoms with Crippen molar-refractivity contribution in [2.24, 2.45) is 5.41 Å². The molecule has 0 amide bonds. The first-order chi connectivity index (χ1) is 12.1. The van der Waals surface area contributed by atoms with E-state index in [9.17, 15) is 4.79 Å². The lowest BCUT2D eigenvalue weighted by Crippen LogP contribution is -2.50. The molecule has 3 heteroatoms. The summed E-state index contributed by atoms with van der Waals surface area (Å²) in [5.41, 5.74) is -0.404. The smallest absolute Gasteiger partial charge is 0.155 e. The summed E-state index contributed by atoms with van der Waals surface area (Å²) in [5, 5.41) is 2.39. The lowest BCUT2D eigenvalue weighted by molar-refractivity contribution is -0.132. The topological polar surface area (TPSA) is 29.5 Å². The van der Waals surface area contributed by atoms with Crippen LogP contribution in [0, 0.1) is 5.41 Å². The third-order valence-corrected chi connectivity index (χ3v) is 5.19. The molecule has 0 radical (unpaired) electrons. The van der Waals surface area contributed by atoms with E-state index in [1.54, 1.807) is 0 Å². The summed E-state index contributed by atoms with van der Waals surface area (Å²) in [6, 6.07) is 14.4. The lowest BCUT2D eigenvalue weighted by atomic mass is 9.84. The van der Waals surface area contributed by atoms with Gasteiger partial charge in [-0.1, -0.05) is 51.1 Å². The van der Waals surface area contributed by atoms with Crippen molar-refractivity contribution in [1.82, 2.24) is 4.90 Å². The first-order valence-corrected chi connectivity index (χ1v) is 9.52. The number of Topliss-reactive ketones (excluding diaryl/α,β-unsaturated/α-hetero) is 1. The van der Waals surface area contributed by atoms with Gasteiger partial charge in [-0.15, -0.1) is 0 Å². The van der Waals surface area contributed by atoms with E-state index in [1.165, 1.54) is 10.8 Å². The maximum atomic E-state index is 13.0. The Kier molecular flexibility index (Phi) is 4.87. The van der Waals surface area contributed by atoms with Gasteiger partial charge in [0.05, 0.1) is 6.04 Å². The summed E-state index contributed by atoms with van der Waals surface area (Å²) in [6.45, 7) is 13.3. The number of ether oxygens (including phenoxy) is 1. The normalized spacial score (nSPS) is 21.9. The Bertz CT molecular complexity index is 798. The standard InChI is InChI=1S/C23H31NO2/c1-22(2,3)21(25)20-14-19(15-24(20)23(4,5)6)26-18-12-11-16-9-7-8-10-17(16)13-18/h7-13,19-20H,14-15H2,1-6H3. The fraction of sp³-hybridized carbons (Fsp3) is 0.522. The van der Waals surface area contributed by atoms with Crippen LogP contribution in [-0.2, 0) is 4.79 Å². The molecule has 0 saturated carbocycles. The molecule has 1 heterocycles. The van der Waals surface area contributed by atoms with Crippen LogP contribution < -0.4 is 4.74 Å². The Morgan fingerprint density at radius 2 is 1.65 bits per heavy atom. The number of carbonyl (C=O) groups excluding carboxylic acids is 1. The Labute approximate surface area is 157 Å². The van der Waals surface area contributed by atoms with Crippen molar-refractivity contribution < 1.29 is 9.53 Å². The summed E-state index contributed by atoms with van der Waals surface area (Å²) >= 11 is 0. The van der Waals surface area contributed by atoms with Gasteiger partial charge in [0, 0.05) is 23.9 Å². The Morgan fingerprint density at radius 1 is 1.00 bits per heavy atom. The summed E-state index contributed by atoms with van der Waals surface area (Å²) in [4.78, 5) is 15.3. The molecule has 1 aliphatic rings. The maximum absolute atomic E-state index is 13.0. The number of likely N-dealkylation sites (tertiary alicyclic amines) is 1. The van der Waals surface area contributed by atoms with E-state index in [0.29, 0.717) is 5.78 Å². The molecule has 3 rings (SSSR count). The van der Waals surface area contributed by atoms with Crippen LogP contribution in [0.4, 0.5) is 0 Å². The second-order valence-corrected chi connectivity index (χ2v) is 9.44. The Morgan fingerprint density at radius 3 is 2.27 bits per heavy atom. The number of ketones is 1. The van der Waals surface area contributed by atoms with Gasteiger partial charge in [0.25, 0.3) is 0 Å². The highest BCUT2D eigenvalue weighted by Crippen LogP contribution is 2.34. The fourth-order valence-electron chi connectivity index (χ4n) is 3.81. The van der Waals surface area contributed by atoms with Gasteiger partial charge in [-0.25, -0.2) is 0 Å². The van der Waals surface area contributed by atoms with Crippen LogP contribution in [0.5, 0.6) is 5.75 Å². The molecule has 1 saturated heterocycles. The molecule has 2 aromatic rings. The summed E-state index contributed by atoms with van der Waals surface area (Å²) in [5.74, 6) is 1.18. The highest BCUT2D eigenvalue weighted by atomic mass is 16.5. The van der Waals surface area contributed by atoms with E-state index in [4.69, 9.17) is 4.74 Å². The number of benzene rings is 2. The van der Waals surface area contributed by atoms with Crippen LogP contribution >= 0.6 is 0 Å². The van der Waals surface area contributed by atoms with Crippen molar-refractivity contribution in [3.8, 4) is 5.75 Å². The third kappa shape index (κ3) is 3.93. The molecule has 0 N–H and O–H groups in total. The number of rotatable bonds is 3. The van der Waals surface area contributed by atoms with E-state index in [2.05, 4.69) is 49.9 Å². The van der Waals surface area contributed by atoms with Gasteiger partial charge in [0.1, 0.15) is 11.9 Å². The molecular formula is C23H31NO2. The molecule has 1 aliphatic heterocycles. The van der Waals surface area contributed by atoms with Crippen LogP contribution in [0.1, 0.15) is 48.0 Å². The zero-order valence-electron chi connectivity index (χ0n) is 16.9. The third-order valence-electron chi connectivity index (χ3n) is 5.19. The minimum atomic E-state index is -0.341. The van der Waals surface area contributed by atoms with Gasteiger partial charge in [0.2, 0.25) is 0 Å². The van der Waals surface area contributed by atoms with Crippen molar-refractivity contribution in [3.63, 3.8) is 0 Å². The largest absolute Gasteiger partial charge is 0.489 e. The molecule has 26 heavy (non-hydrogen) atoms. The molecule has 1 fully saturated rings. The molecule has 2 aromatic carbocycles. The van der Waals surface area contributed by atoms with Gasteiger partial charge < -0.3 is 4.74 Å². The van der Waals surface area contributed by atoms with Gasteiger partial charge >= 0.3 is 0 Å². The monoisotopic (exact) mass is 353 g/mol. The number of nitrogens with zero attached hydrogens (tertiary/aromatic N) is 1. The predicted molar refractivity (Wildman–Crippen MR) is 108 cm³/mol. The van der Waals surface area contributed by atoms with Crippen molar-refractivity contribution in [3.05, 3.63) is 42.5 Å².